The Balaban J connectivity index is 1.99. The Morgan fingerprint density at radius 2 is 2.29 bits per heavy atom. The third-order valence-electron chi connectivity index (χ3n) is 3.72. The van der Waals surface area contributed by atoms with Crippen molar-refractivity contribution in [2.24, 2.45) is 0 Å². The summed E-state index contributed by atoms with van der Waals surface area (Å²) >= 11 is 0. The largest absolute Gasteiger partial charge is 0.480 e. The summed E-state index contributed by atoms with van der Waals surface area (Å²) in [6.45, 7) is 0.610. The van der Waals surface area contributed by atoms with Crippen LogP contribution < -0.4 is 4.90 Å². The fraction of sp³-hybridized carbons (Fsp3) is 0.385. The molecule has 2 aromatic rings. The summed E-state index contributed by atoms with van der Waals surface area (Å²) in [5.41, 5.74) is 1.10. The van der Waals surface area contributed by atoms with E-state index in [1.165, 1.54) is 12.1 Å². The number of hydrogen-bond donors (Lipinski definition) is 2. The average molecular weight is 290 g/mol. The highest BCUT2D eigenvalue weighted by atomic mass is 16.6. The van der Waals surface area contributed by atoms with Gasteiger partial charge in [0.05, 0.1) is 16.0 Å². The van der Waals surface area contributed by atoms with Gasteiger partial charge in [0.2, 0.25) is 5.95 Å². The van der Waals surface area contributed by atoms with Gasteiger partial charge in [-0.1, -0.05) is 0 Å². The summed E-state index contributed by atoms with van der Waals surface area (Å²) in [7, 11) is 0. The second-order valence-electron chi connectivity index (χ2n) is 5.06. The van der Waals surface area contributed by atoms with Crippen molar-refractivity contribution in [2.45, 2.75) is 25.3 Å². The van der Waals surface area contributed by atoms with Gasteiger partial charge in [-0.2, -0.15) is 0 Å². The summed E-state index contributed by atoms with van der Waals surface area (Å²) in [6.07, 6.45) is 2.35. The minimum atomic E-state index is -0.874. The van der Waals surface area contributed by atoms with Crippen LogP contribution in [0.5, 0.6) is 0 Å². The van der Waals surface area contributed by atoms with Crippen LogP contribution in [0.4, 0.5) is 11.6 Å². The molecule has 1 atom stereocenters. The number of H-pyrrole nitrogens is 1. The predicted octanol–water partition coefficient (Wildman–Crippen LogP) is 1.91. The first-order chi connectivity index (χ1) is 10.1. The molecule has 1 aromatic carbocycles. The Morgan fingerprint density at radius 1 is 1.48 bits per heavy atom. The van der Waals surface area contributed by atoms with Crippen LogP contribution in [0.25, 0.3) is 11.0 Å². The molecule has 110 valence electrons. The van der Waals surface area contributed by atoms with E-state index in [4.69, 9.17) is 0 Å². The first kappa shape index (κ1) is 13.3. The second-order valence-corrected chi connectivity index (χ2v) is 5.06. The topological polar surface area (TPSA) is 112 Å². The third-order valence-corrected chi connectivity index (χ3v) is 3.72. The van der Waals surface area contributed by atoms with Crippen molar-refractivity contribution in [1.29, 1.82) is 0 Å². The molecule has 21 heavy (non-hydrogen) atoms. The molecule has 1 fully saturated rings. The molecule has 0 spiro atoms. The molecule has 3 rings (SSSR count). The van der Waals surface area contributed by atoms with Gasteiger partial charge in [0, 0.05) is 18.7 Å². The van der Waals surface area contributed by atoms with Crippen LogP contribution in [0.3, 0.4) is 0 Å². The molecule has 1 aromatic heterocycles. The van der Waals surface area contributed by atoms with Gasteiger partial charge in [0.25, 0.3) is 5.69 Å². The van der Waals surface area contributed by atoms with E-state index in [2.05, 4.69) is 9.97 Å². The monoisotopic (exact) mass is 290 g/mol. The number of imidazole rings is 1. The van der Waals surface area contributed by atoms with Crippen molar-refractivity contribution in [3.05, 3.63) is 28.3 Å². The number of benzene rings is 1. The predicted molar refractivity (Wildman–Crippen MR) is 75.4 cm³/mol. The number of anilines is 1. The molecule has 0 aliphatic carbocycles. The summed E-state index contributed by atoms with van der Waals surface area (Å²) in [5, 5.41) is 20.1. The van der Waals surface area contributed by atoms with E-state index < -0.39 is 16.9 Å². The molecule has 8 nitrogen and oxygen atoms in total. The van der Waals surface area contributed by atoms with Crippen LogP contribution in [0.2, 0.25) is 0 Å². The highest BCUT2D eigenvalue weighted by Gasteiger charge is 2.30. The van der Waals surface area contributed by atoms with Gasteiger partial charge in [-0.3, -0.25) is 10.1 Å². The SMILES string of the molecule is O=C(O)[C@H]1CCCCN1c1nc2ccc([N+](=O)[O-])cc2[nH]1. The molecule has 1 aliphatic heterocycles. The van der Waals surface area contributed by atoms with Crippen LogP contribution in [0.1, 0.15) is 19.3 Å². The number of nitrogens with zero attached hydrogens (tertiary/aromatic N) is 3. The van der Waals surface area contributed by atoms with Crippen molar-refractivity contribution in [1.82, 2.24) is 9.97 Å². The van der Waals surface area contributed by atoms with Crippen molar-refractivity contribution in [3.63, 3.8) is 0 Å². The molecular weight excluding hydrogens is 276 g/mol. The Bertz CT molecular complexity index is 711. The standard InChI is InChI=1S/C13H14N4O4/c18-12(19)11-3-1-2-6-16(11)13-14-9-5-4-8(17(20)21)7-10(9)15-13/h4-5,7,11H,1-3,6H2,(H,14,15)(H,18,19)/t11-/m1/s1. The zero-order valence-corrected chi connectivity index (χ0v) is 11.2. The van der Waals surface area contributed by atoms with Crippen molar-refractivity contribution in [2.75, 3.05) is 11.4 Å². The lowest BCUT2D eigenvalue weighted by molar-refractivity contribution is -0.384. The quantitative estimate of drug-likeness (QED) is 0.659. The minimum Gasteiger partial charge on any atom is -0.480 e. The van der Waals surface area contributed by atoms with E-state index in [9.17, 15) is 20.0 Å². The van der Waals surface area contributed by atoms with Gasteiger partial charge in [0.15, 0.2) is 0 Å². The normalized spacial score (nSPS) is 18.9. The Kier molecular flexibility index (Phi) is 3.20. The fourth-order valence-corrected chi connectivity index (χ4v) is 2.68. The number of piperidine rings is 1. The number of nitro groups is 1. The second kappa shape index (κ2) is 5.04. The third kappa shape index (κ3) is 2.39. The number of carboxylic acid groups (broad SMARTS) is 1. The van der Waals surface area contributed by atoms with Gasteiger partial charge in [0.1, 0.15) is 6.04 Å². The number of hydrogen-bond acceptors (Lipinski definition) is 5. The Labute approximate surface area is 119 Å². The van der Waals surface area contributed by atoms with Gasteiger partial charge >= 0.3 is 5.97 Å². The molecular formula is C13H14N4O4. The summed E-state index contributed by atoms with van der Waals surface area (Å²) in [6, 6.07) is 3.76. The lowest BCUT2D eigenvalue weighted by Gasteiger charge is -2.32. The first-order valence-corrected chi connectivity index (χ1v) is 6.70. The number of aromatic amines is 1. The summed E-state index contributed by atoms with van der Waals surface area (Å²) in [4.78, 5) is 30.7. The van der Waals surface area contributed by atoms with E-state index in [0.717, 1.165) is 12.8 Å². The van der Waals surface area contributed by atoms with E-state index >= 15 is 0 Å². The fourth-order valence-electron chi connectivity index (χ4n) is 2.68. The lowest BCUT2D eigenvalue weighted by Crippen LogP contribution is -2.45. The number of carboxylic acids is 1. The number of aliphatic carboxylic acids is 1. The van der Waals surface area contributed by atoms with E-state index in [1.807, 2.05) is 0 Å². The molecule has 2 N–H and O–H groups in total. The molecule has 1 aliphatic rings. The van der Waals surface area contributed by atoms with Gasteiger partial charge < -0.3 is 15.0 Å². The van der Waals surface area contributed by atoms with Crippen LogP contribution in [-0.2, 0) is 4.79 Å². The zero-order chi connectivity index (χ0) is 15.0. The maximum absolute atomic E-state index is 11.3. The molecule has 0 bridgehead atoms. The Hall–Kier alpha value is -2.64. The molecule has 8 heteroatoms. The molecule has 0 saturated carbocycles. The number of aromatic nitrogens is 2. The smallest absolute Gasteiger partial charge is 0.326 e. The molecule has 0 amide bonds. The van der Waals surface area contributed by atoms with Crippen LogP contribution in [-0.4, -0.2) is 38.6 Å². The molecule has 0 unspecified atom stereocenters. The Morgan fingerprint density at radius 3 is 3.00 bits per heavy atom. The van der Waals surface area contributed by atoms with Crippen molar-refractivity contribution >= 4 is 28.6 Å². The van der Waals surface area contributed by atoms with Crippen LogP contribution in [0.15, 0.2) is 18.2 Å². The number of nitrogens with one attached hydrogen (secondary N) is 1. The van der Waals surface area contributed by atoms with Crippen LogP contribution in [0, 0.1) is 10.1 Å². The van der Waals surface area contributed by atoms with E-state index in [0.29, 0.717) is 29.9 Å². The maximum atomic E-state index is 11.3. The van der Waals surface area contributed by atoms with E-state index in [-0.39, 0.29) is 5.69 Å². The van der Waals surface area contributed by atoms with Crippen LogP contribution >= 0.6 is 0 Å². The summed E-state index contributed by atoms with van der Waals surface area (Å²) < 4.78 is 0. The number of nitro benzene ring substituents is 1. The number of carbonyl (C=O) groups is 1. The van der Waals surface area contributed by atoms with Crippen molar-refractivity contribution in [3.8, 4) is 0 Å². The summed E-state index contributed by atoms with van der Waals surface area (Å²) in [5.74, 6) is -0.418. The first-order valence-electron chi connectivity index (χ1n) is 6.70. The molecule has 2 heterocycles. The van der Waals surface area contributed by atoms with Crippen molar-refractivity contribution < 1.29 is 14.8 Å². The van der Waals surface area contributed by atoms with E-state index in [1.54, 1.807) is 11.0 Å². The number of rotatable bonds is 3. The minimum absolute atomic E-state index is 0.0221. The zero-order valence-electron chi connectivity index (χ0n) is 11.2. The van der Waals surface area contributed by atoms with Gasteiger partial charge in [-0.15, -0.1) is 0 Å². The number of non-ortho nitro benzene ring substituents is 1. The number of fused-ring (bicyclic) bond motifs is 1. The molecule has 1 saturated heterocycles. The molecule has 0 radical (unpaired) electrons. The average Bonchev–Trinajstić information content (AvgIpc) is 2.89. The maximum Gasteiger partial charge on any atom is 0.326 e. The van der Waals surface area contributed by atoms with Gasteiger partial charge in [-0.05, 0) is 25.3 Å². The van der Waals surface area contributed by atoms with Gasteiger partial charge in [-0.25, -0.2) is 9.78 Å². The highest BCUT2D eigenvalue weighted by Crippen LogP contribution is 2.26. The highest BCUT2D eigenvalue weighted by molar-refractivity contribution is 5.82. The lowest BCUT2D eigenvalue weighted by atomic mass is 10.0.